The summed E-state index contributed by atoms with van der Waals surface area (Å²) in [6, 6.07) is 0.0982. The fraction of sp³-hybridized carbons (Fsp3) is 0.917. The van der Waals surface area contributed by atoms with Crippen LogP contribution in [0.2, 0.25) is 0 Å². The van der Waals surface area contributed by atoms with Crippen LogP contribution in [-0.2, 0) is 4.79 Å². The number of hydrogen-bond donors (Lipinski definition) is 3. The van der Waals surface area contributed by atoms with Crippen molar-refractivity contribution < 1.29 is 9.90 Å². The summed E-state index contributed by atoms with van der Waals surface area (Å²) >= 11 is 0. The first-order chi connectivity index (χ1) is 7.51. The molecule has 3 atom stereocenters. The molecule has 4 nitrogen and oxygen atoms in total. The Morgan fingerprint density at radius 2 is 2.19 bits per heavy atom. The summed E-state index contributed by atoms with van der Waals surface area (Å²) in [6.45, 7) is 4.94. The van der Waals surface area contributed by atoms with E-state index in [4.69, 9.17) is 0 Å². The van der Waals surface area contributed by atoms with Gasteiger partial charge >= 0.3 is 0 Å². The van der Waals surface area contributed by atoms with Gasteiger partial charge in [0, 0.05) is 11.5 Å². The Kier molecular flexibility index (Phi) is 3.22. The molecule has 16 heavy (non-hydrogen) atoms. The molecule has 1 amide bonds. The van der Waals surface area contributed by atoms with E-state index in [0.29, 0.717) is 6.42 Å². The molecule has 1 aliphatic carbocycles. The van der Waals surface area contributed by atoms with Crippen LogP contribution in [0.1, 0.15) is 39.5 Å². The minimum Gasteiger partial charge on any atom is -0.392 e. The smallest absolute Gasteiger partial charge is 0.237 e. The monoisotopic (exact) mass is 226 g/mol. The molecule has 2 aliphatic rings. The molecule has 2 unspecified atom stereocenters. The van der Waals surface area contributed by atoms with Gasteiger partial charge in [0.1, 0.15) is 0 Å². The Morgan fingerprint density at radius 1 is 1.44 bits per heavy atom. The molecular formula is C12H22N2O2. The standard InChI is InChI=1S/C12H22N2O2/c1-12(2)9(7-10(12)15)14-11(16)8-5-3-4-6-13-8/h8-10,13,15H,3-7H2,1-2H3,(H,14,16)/t8-,9?,10?/m0/s1. The van der Waals surface area contributed by atoms with Gasteiger partial charge in [0.2, 0.25) is 5.91 Å². The molecule has 1 saturated heterocycles. The third kappa shape index (κ3) is 2.09. The van der Waals surface area contributed by atoms with Crippen molar-refractivity contribution in [1.29, 1.82) is 0 Å². The lowest BCUT2D eigenvalue weighted by molar-refractivity contribution is -0.131. The number of aliphatic hydroxyl groups excluding tert-OH is 1. The maximum absolute atomic E-state index is 11.9. The third-order valence-electron chi connectivity index (χ3n) is 4.16. The summed E-state index contributed by atoms with van der Waals surface area (Å²) in [4.78, 5) is 11.9. The zero-order valence-corrected chi connectivity index (χ0v) is 10.1. The van der Waals surface area contributed by atoms with Crippen molar-refractivity contribution in [2.75, 3.05) is 6.54 Å². The fourth-order valence-corrected chi connectivity index (χ4v) is 2.50. The van der Waals surface area contributed by atoms with Crippen LogP contribution in [0.4, 0.5) is 0 Å². The van der Waals surface area contributed by atoms with Gasteiger partial charge in [-0.1, -0.05) is 20.3 Å². The zero-order chi connectivity index (χ0) is 11.8. The summed E-state index contributed by atoms with van der Waals surface area (Å²) in [5.74, 6) is 0.102. The van der Waals surface area contributed by atoms with E-state index >= 15 is 0 Å². The SMILES string of the molecule is CC1(C)C(O)CC1NC(=O)[C@@H]1CCCCN1. The van der Waals surface area contributed by atoms with Gasteiger partial charge in [-0.15, -0.1) is 0 Å². The Bertz CT molecular complexity index is 272. The molecule has 1 aliphatic heterocycles. The second kappa shape index (κ2) is 4.34. The Hall–Kier alpha value is -0.610. The number of piperidine rings is 1. The number of carbonyl (C=O) groups is 1. The number of aliphatic hydroxyl groups is 1. The molecule has 0 spiro atoms. The third-order valence-corrected chi connectivity index (χ3v) is 4.16. The predicted molar refractivity (Wildman–Crippen MR) is 62.0 cm³/mol. The van der Waals surface area contributed by atoms with E-state index in [-0.39, 0.29) is 29.5 Å². The minimum absolute atomic E-state index is 0.0257. The van der Waals surface area contributed by atoms with Gasteiger partial charge in [-0.3, -0.25) is 4.79 Å². The molecule has 0 aromatic heterocycles. The van der Waals surface area contributed by atoms with Crippen LogP contribution in [0.3, 0.4) is 0 Å². The molecular weight excluding hydrogens is 204 g/mol. The van der Waals surface area contributed by atoms with Gasteiger partial charge in [0.15, 0.2) is 0 Å². The van der Waals surface area contributed by atoms with Crippen molar-refractivity contribution in [1.82, 2.24) is 10.6 Å². The lowest BCUT2D eigenvalue weighted by Gasteiger charge is -2.49. The number of hydrogen-bond acceptors (Lipinski definition) is 3. The molecule has 2 fully saturated rings. The maximum atomic E-state index is 11.9. The van der Waals surface area contributed by atoms with Crippen molar-refractivity contribution in [2.45, 2.75) is 57.7 Å². The minimum atomic E-state index is -0.280. The number of amides is 1. The van der Waals surface area contributed by atoms with Crippen LogP contribution in [-0.4, -0.2) is 35.7 Å². The number of carbonyl (C=O) groups excluding carboxylic acids is 1. The summed E-state index contributed by atoms with van der Waals surface area (Å²) in [6.07, 6.45) is 3.63. The van der Waals surface area contributed by atoms with Crippen molar-refractivity contribution in [3.63, 3.8) is 0 Å². The molecule has 4 heteroatoms. The average Bonchev–Trinajstić information content (AvgIpc) is 2.29. The molecule has 1 heterocycles. The quantitative estimate of drug-likeness (QED) is 0.639. The topological polar surface area (TPSA) is 61.4 Å². The molecule has 0 aromatic carbocycles. The van der Waals surface area contributed by atoms with E-state index < -0.39 is 0 Å². The average molecular weight is 226 g/mol. The van der Waals surface area contributed by atoms with Gasteiger partial charge in [-0.2, -0.15) is 0 Å². The molecule has 0 bridgehead atoms. The Labute approximate surface area is 96.8 Å². The van der Waals surface area contributed by atoms with E-state index in [1.54, 1.807) is 0 Å². The van der Waals surface area contributed by atoms with Gasteiger partial charge in [-0.25, -0.2) is 0 Å². The Morgan fingerprint density at radius 3 is 2.69 bits per heavy atom. The van der Waals surface area contributed by atoms with Crippen LogP contribution in [0.25, 0.3) is 0 Å². The van der Waals surface area contributed by atoms with Crippen LogP contribution >= 0.6 is 0 Å². The van der Waals surface area contributed by atoms with Crippen molar-refractivity contribution in [3.05, 3.63) is 0 Å². The normalized spacial score (nSPS) is 37.6. The van der Waals surface area contributed by atoms with E-state index in [9.17, 15) is 9.90 Å². The molecule has 0 radical (unpaired) electrons. The van der Waals surface area contributed by atoms with E-state index in [1.165, 1.54) is 0 Å². The summed E-state index contributed by atoms with van der Waals surface area (Å²) in [5.41, 5.74) is -0.176. The highest BCUT2D eigenvalue weighted by Crippen LogP contribution is 2.40. The molecule has 1 saturated carbocycles. The highest BCUT2D eigenvalue weighted by Gasteiger charge is 2.48. The number of nitrogens with one attached hydrogen (secondary N) is 2. The second-order valence-corrected chi connectivity index (χ2v) is 5.64. The second-order valence-electron chi connectivity index (χ2n) is 5.64. The van der Waals surface area contributed by atoms with Crippen LogP contribution in [0, 0.1) is 5.41 Å². The van der Waals surface area contributed by atoms with Crippen LogP contribution in [0.5, 0.6) is 0 Å². The highest BCUT2D eigenvalue weighted by atomic mass is 16.3. The Balaban J connectivity index is 1.83. The molecule has 92 valence electrons. The summed E-state index contributed by atoms with van der Waals surface area (Å²) in [7, 11) is 0. The lowest BCUT2D eigenvalue weighted by atomic mass is 9.64. The van der Waals surface area contributed by atoms with Gasteiger partial charge in [0.05, 0.1) is 12.1 Å². The fourth-order valence-electron chi connectivity index (χ4n) is 2.50. The first-order valence-corrected chi connectivity index (χ1v) is 6.23. The predicted octanol–water partition coefficient (Wildman–Crippen LogP) is 0.404. The van der Waals surface area contributed by atoms with Crippen molar-refractivity contribution in [3.8, 4) is 0 Å². The molecule has 3 N–H and O–H groups in total. The first kappa shape index (κ1) is 11.9. The van der Waals surface area contributed by atoms with E-state index in [1.807, 2.05) is 13.8 Å². The lowest BCUT2D eigenvalue weighted by Crippen LogP contribution is -2.63. The summed E-state index contributed by atoms with van der Waals surface area (Å²) < 4.78 is 0. The van der Waals surface area contributed by atoms with E-state index in [2.05, 4.69) is 10.6 Å². The van der Waals surface area contributed by atoms with Crippen LogP contribution < -0.4 is 10.6 Å². The molecule has 2 rings (SSSR count). The zero-order valence-electron chi connectivity index (χ0n) is 10.1. The number of rotatable bonds is 2. The van der Waals surface area contributed by atoms with Gasteiger partial charge in [-0.05, 0) is 25.8 Å². The highest BCUT2D eigenvalue weighted by molar-refractivity contribution is 5.82. The molecule has 0 aromatic rings. The maximum Gasteiger partial charge on any atom is 0.237 e. The van der Waals surface area contributed by atoms with Gasteiger partial charge in [0.25, 0.3) is 0 Å². The van der Waals surface area contributed by atoms with Gasteiger partial charge < -0.3 is 15.7 Å². The summed E-state index contributed by atoms with van der Waals surface area (Å²) in [5, 5.41) is 15.9. The van der Waals surface area contributed by atoms with Crippen molar-refractivity contribution >= 4 is 5.91 Å². The largest absolute Gasteiger partial charge is 0.392 e. The van der Waals surface area contributed by atoms with Crippen LogP contribution in [0.15, 0.2) is 0 Å². The first-order valence-electron chi connectivity index (χ1n) is 6.23. The van der Waals surface area contributed by atoms with E-state index in [0.717, 1.165) is 25.8 Å². The van der Waals surface area contributed by atoms with Crippen molar-refractivity contribution in [2.24, 2.45) is 5.41 Å².